The maximum atomic E-state index is 10.8. The molecule has 1 atom stereocenters. The van der Waals surface area contributed by atoms with Gasteiger partial charge in [-0.25, -0.2) is 14.8 Å². The van der Waals surface area contributed by atoms with Crippen LogP contribution in [0, 0.1) is 0 Å². The lowest BCUT2D eigenvalue weighted by atomic mass is 10.4. The van der Waals surface area contributed by atoms with Crippen LogP contribution in [0.2, 0.25) is 0 Å². The standard InChI is InChI=1S/C9H7N4O4P/c14-8(15)7-5-13-6(2-4-11-18(16)17)1-3-10-9(13)12-7/h1-5H,(H2-,10,11,12,14,15,16,17)/p+1. The molecule has 9 heteroatoms. The van der Waals surface area contributed by atoms with Crippen molar-refractivity contribution in [3.05, 3.63) is 36.0 Å². The normalized spacial score (nSPS) is 11.9. The molecule has 18 heavy (non-hydrogen) atoms. The van der Waals surface area contributed by atoms with Crippen molar-refractivity contribution in [1.82, 2.24) is 19.5 Å². The van der Waals surface area contributed by atoms with Crippen molar-refractivity contribution in [2.45, 2.75) is 0 Å². The zero-order valence-corrected chi connectivity index (χ0v) is 9.78. The lowest BCUT2D eigenvalue weighted by Crippen LogP contribution is -1.95. The van der Waals surface area contributed by atoms with Crippen LogP contribution in [0.3, 0.4) is 0 Å². The third-order valence-corrected chi connectivity index (χ3v) is 2.43. The van der Waals surface area contributed by atoms with E-state index >= 15 is 0 Å². The van der Waals surface area contributed by atoms with E-state index in [4.69, 9.17) is 10.00 Å². The highest BCUT2D eigenvalue weighted by Gasteiger charge is 2.10. The van der Waals surface area contributed by atoms with Gasteiger partial charge >= 0.3 is 14.1 Å². The third kappa shape index (κ3) is 2.50. The summed E-state index contributed by atoms with van der Waals surface area (Å²) in [6.07, 6.45) is 5.58. The molecule has 2 aromatic heterocycles. The van der Waals surface area contributed by atoms with Crippen molar-refractivity contribution < 1.29 is 19.4 Å². The average molecular weight is 267 g/mol. The zero-order valence-electron chi connectivity index (χ0n) is 8.89. The Hall–Kier alpha value is -2.31. The number of hydrogen-bond acceptors (Lipinski definition) is 4. The van der Waals surface area contributed by atoms with Crippen LogP contribution in [-0.4, -0.2) is 30.3 Å². The molecule has 2 heterocycles. The number of nitrogens with one attached hydrogen (secondary N) is 1. The smallest absolute Gasteiger partial charge is 0.476 e. The molecular formula is C9H8N4O4P+. The quantitative estimate of drug-likeness (QED) is 0.695. The summed E-state index contributed by atoms with van der Waals surface area (Å²) in [5.74, 6) is -0.907. The highest BCUT2D eigenvalue weighted by atomic mass is 31.1. The molecule has 0 aliphatic heterocycles. The van der Waals surface area contributed by atoms with E-state index in [0.717, 1.165) is 0 Å². The summed E-state index contributed by atoms with van der Waals surface area (Å²) in [6, 6.07) is 1.61. The molecule has 8 nitrogen and oxygen atoms in total. The maximum Gasteiger partial charge on any atom is 0.639 e. The topological polar surface area (TPSA) is 117 Å². The SMILES string of the molecule is O=C(O)c1cn2c(/C=C/N[P+](=O)O)ccnc2n1. The van der Waals surface area contributed by atoms with E-state index in [0.29, 0.717) is 5.69 Å². The zero-order chi connectivity index (χ0) is 13.1. The molecule has 3 N–H and O–H groups in total. The lowest BCUT2D eigenvalue weighted by Gasteiger charge is -1.96. The Bertz CT molecular complexity index is 651. The van der Waals surface area contributed by atoms with Crippen molar-refractivity contribution in [1.29, 1.82) is 0 Å². The molecule has 1 unspecified atom stereocenters. The first-order valence-corrected chi connectivity index (χ1v) is 5.95. The number of aromatic nitrogens is 3. The molecular weight excluding hydrogens is 259 g/mol. The van der Waals surface area contributed by atoms with Gasteiger partial charge in [0.1, 0.15) is 0 Å². The summed E-state index contributed by atoms with van der Waals surface area (Å²) >= 11 is 0. The molecule has 2 aromatic rings. The van der Waals surface area contributed by atoms with Gasteiger partial charge in [-0.05, 0) is 16.7 Å². The second-order valence-corrected chi connectivity index (χ2v) is 4.01. The first-order valence-electron chi connectivity index (χ1n) is 4.74. The van der Waals surface area contributed by atoms with Gasteiger partial charge in [0.25, 0.3) is 0 Å². The molecule has 0 bridgehead atoms. The molecule has 0 aliphatic carbocycles. The maximum absolute atomic E-state index is 10.8. The Kier molecular flexibility index (Phi) is 3.31. The first-order chi connectivity index (χ1) is 8.58. The molecule has 92 valence electrons. The van der Waals surface area contributed by atoms with Gasteiger partial charge in [-0.1, -0.05) is 0 Å². The summed E-state index contributed by atoms with van der Waals surface area (Å²) in [6.45, 7) is 0. The highest BCUT2D eigenvalue weighted by molar-refractivity contribution is 7.35. The second kappa shape index (κ2) is 4.91. The van der Waals surface area contributed by atoms with Crippen LogP contribution >= 0.6 is 8.18 Å². The molecule has 0 fully saturated rings. The van der Waals surface area contributed by atoms with Crippen LogP contribution in [0.25, 0.3) is 11.9 Å². The molecule has 0 saturated carbocycles. The summed E-state index contributed by atoms with van der Waals surface area (Å²) in [5.41, 5.74) is 0.453. The number of fused-ring (bicyclic) bond motifs is 1. The Balaban J connectivity index is 2.41. The van der Waals surface area contributed by atoms with Gasteiger partial charge in [0.05, 0.1) is 5.69 Å². The monoisotopic (exact) mass is 267 g/mol. The Morgan fingerprint density at radius 3 is 3.00 bits per heavy atom. The molecule has 0 spiro atoms. The molecule has 2 rings (SSSR count). The van der Waals surface area contributed by atoms with E-state index in [1.807, 2.05) is 0 Å². The van der Waals surface area contributed by atoms with Crippen LogP contribution < -0.4 is 5.09 Å². The number of nitrogens with zero attached hydrogens (tertiary/aromatic N) is 3. The fourth-order valence-electron chi connectivity index (χ4n) is 1.34. The third-order valence-electron chi connectivity index (χ3n) is 2.06. The molecule has 0 amide bonds. The van der Waals surface area contributed by atoms with Gasteiger partial charge in [0, 0.05) is 18.6 Å². The Morgan fingerprint density at radius 1 is 1.56 bits per heavy atom. The molecule has 0 saturated heterocycles. The average Bonchev–Trinajstić information content (AvgIpc) is 2.73. The predicted molar refractivity (Wildman–Crippen MR) is 61.9 cm³/mol. The second-order valence-electron chi connectivity index (χ2n) is 3.21. The number of imidazole rings is 1. The van der Waals surface area contributed by atoms with Gasteiger partial charge in [-0.15, -0.1) is 4.89 Å². The van der Waals surface area contributed by atoms with Crippen molar-refractivity contribution in [3.63, 3.8) is 0 Å². The number of carboxylic acids is 1. The Labute approximate surface area is 102 Å². The predicted octanol–water partition coefficient (Wildman–Crippen LogP) is 0.637. The molecule has 0 aromatic carbocycles. The minimum atomic E-state index is -2.47. The van der Waals surface area contributed by atoms with E-state index in [-0.39, 0.29) is 11.5 Å². The number of hydrogen-bond donors (Lipinski definition) is 3. The van der Waals surface area contributed by atoms with Crippen molar-refractivity contribution >= 4 is 26.0 Å². The van der Waals surface area contributed by atoms with E-state index in [1.165, 1.54) is 29.1 Å². The number of aromatic carboxylic acids is 1. The Morgan fingerprint density at radius 2 is 2.33 bits per heavy atom. The van der Waals surface area contributed by atoms with Crippen LogP contribution in [0.15, 0.2) is 24.7 Å². The van der Waals surface area contributed by atoms with Gasteiger partial charge < -0.3 is 5.11 Å². The van der Waals surface area contributed by atoms with Crippen LogP contribution in [0.1, 0.15) is 16.2 Å². The largest absolute Gasteiger partial charge is 0.639 e. The number of carboxylic acid groups (broad SMARTS) is 1. The van der Waals surface area contributed by atoms with Gasteiger partial charge in [0.2, 0.25) is 5.78 Å². The van der Waals surface area contributed by atoms with E-state index < -0.39 is 14.1 Å². The lowest BCUT2D eigenvalue weighted by molar-refractivity contribution is 0.0691. The van der Waals surface area contributed by atoms with E-state index in [2.05, 4.69) is 15.1 Å². The van der Waals surface area contributed by atoms with Crippen molar-refractivity contribution in [2.75, 3.05) is 0 Å². The number of rotatable bonds is 4. The van der Waals surface area contributed by atoms with Gasteiger partial charge in [0.15, 0.2) is 5.69 Å². The van der Waals surface area contributed by atoms with E-state index in [9.17, 15) is 9.36 Å². The van der Waals surface area contributed by atoms with Crippen molar-refractivity contribution in [3.8, 4) is 0 Å². The summed E-state index contributed by atoms with van der Waals surface area (Å²) < 4.78 is 11.9. The van der Waals surface area contributed by atoms with Gasteiger partial charge in [-0.3, -0.25) is 4.40 Å². The number of carbonyl (C=O) groups is 1. The fraction of sp³-hybridized carbons (Fsp3) is 0. The van der Waals surface area contributed by atoms with Crippen LogP contribution in [0.5, 0.6) is 0 Å². The van der Waals surface area contributed by atoms with Crippen molar-refractivity contribution in [2.24, 2.45) is 0 Å². The summed E-state index contributed by atoms with van der Waals surface area (Å²) in [4.78, 5) is 27.1. The molecule has 0 radical (unpaired) electrons. The minimum absolute atomic E-state index is 0.121. The van der Waals surface area contributed by atoms with Crippen LogP contribution in [-0.2, 0) is 4.57 Å². The summed E-state index contributed by atoms with van der Waals surface area (Å²) in [5, 5.41) is 11.0. The summed E-state index contributed by atoms with van der Waals surface area (Å²) in [7, 11) is -2.47. The van der Waals surface area contributed by atoms with E-state index in [1.54, 1.807) is 6.07 Å². The molecule has 0 aliphatic rings. The highest BCUT2D eigenvalue weighted by Crippen LogP contribution is 2.09. The van der Waals surface area contributed by atoms with Crippen LogP contribution in [0.4, 0.5) is 0 Å². The fourth-order valence-corrected chi connectivity index (χ4v) is 1.54. The minimum Gasteiger partial charge on any atom is -0.476 e. The van der Waals surface area contributed by atoms with Gasteiger partial charge in [-0.2, -0.15) is 5.09 Å². The first kappa shape index (κ1) is 12.2.